The molecule has 0 unspecified atom stereocenters. The molecular weight excluding hydrogens is 267 g/mol. The minimum Gasteiger partial charge on any atom is -0.478 e. The molecule has 20 heavy (non-hydrogen) atoms. The zero-order valence-corrected chi connectivity index (χ0v) is 9.87. The summed E-state index contributed by atoms with van der Waals surface area (Å²) in [7, 11) is 0. The Morgan fingerprint density at radius 3 is 2.90 bits per heavy atom. The Labute approximate surface area is 110 Å². The van der Waals surface area contributed by atoms with Crippen LogP contribution in [0.3, 0.4) is 0 Å². The lowest BCUT2D eigenvalue weighted by molar-refractivity contribution is 0.0697. The number of nitrogens with one attached hydrogen (secondary N) is 1. The van der Waals surface area contributed by atoms with Crippen molar-refractivity contribution in [2.45, 2.75) is 0 Å². The van der Waals surface area contributed by atoms with E-state index in [1.165, 1.54) is 12.3 Å². The van der Waals surface area contributed by atoms with Crippen LogP contribution in [0.5, 0.6) is 0 Å². The minimum absolute atomic E-state index is 0.0144. The fraction of sp³-hybridized carbons (Fsp3) is 0. The number of hydrogen-bond donors (Lipinski definition) is 2. The second-order valence-corrected chi connectivity index (χ2v) is 4.03. The highest BCUT2D eigenvalue weighted by molar-refractivity contribution is 5.87. The predicted octanol–water partition coefficient (Wildman–Crippen LogP) is 0.946. The van der Waals surface area contributed by atoms with E-state index in [0.717, 1.165) is 23.0 Å². The Bertz CT molecular complexity index is 884. The van der Waals surface area contributed by atoms with Crippen molar-refractivity contribution in [1.82, 2.24) is 19.7 Å². The summed E-state index contributed by atoms with van der Waals surface area (Å²) in [5, 5.41) is 12.8. The standard InChI is InChI=1S/C12H7FN4O3/c13-7-1-2-8-9(3-7)15-12(16-10(8)18)17-5-6(4-14-17)11(19)20/h1-5H,(H,19,20)(H,15,16,18). The van der Waals surface area contributed by atoms with E-state index < -0.39 is 17.3 Å². The fourth-order valence-corrected chi connectivity index (χ4v) is 1.76. The van der Waals surface area contributed by atoms with Crippen molar-refractivity contribution in [3.05, 3.63) is 52.3 Å². The number of benzene rings is 1. The molecule has 100 valence electrons. The summed E-state index contributed by atoms with van der Waals surface area (Å²) >= 11 is 0. The molecule has 8 heteroatoms. The van der Waals surface area contributed by atoms with Crippen molar-refractivity contribution in [3.63, 3.8) is 0 Å². The maximum atomic E-state index is 13.2. The molecule has 7 nitrogen and oxygen atoms in total. The molecule has 0 aliphatic rings. The first-order valence-corrected chi connectivity index (χ1v) is 5.52. The fourth-order valence-electron chi connectivity index (χ4n) is 1.76. The van der Waals surface area contributed by atoms with Gasteiger partial charge in [-0.3, -0.25) is 9.78 Å². The number of halogens is 1. The van der Waals surface area contributed by atoms with E-state index in [4.69, 9.17) is 5.11 Å². The van der Waals surface area contributed by atoms with Gasteiger partial charge in [0.1, 0.15) is 5.82 Å². The van der Waals surface area contributed by atoms with Crippen LogP contribution >= 0.6 is 0 Å². The Morgan fingerprint density at radius 2 is 2.20 bits per heavy atom. The van der Waals surface area contributed by atoms with E-state index in [2.05, 4.69) is 15.1 Å². The average molecular weight is 274 g/mol. The van der Waals surface area contributed by atoms with Gasteiger partial charge in [0.15, 0.2) is 0 Å². The third kappa shape index (κ3) is 1.92. The van der Waals surface area contributed by atoms with Crippen LogP contribution in [0.2, 0.25) is 0 Å². The van der Waals surface area contributed by atoms with E-state index in [-0.39, 0.29) is 22.4 Å². The van der Waals surface area contributed by atoms with E-state index >= 15 is 0 Å². The summed E-state index contributed by atoms with van der Waals surface area (Å²) in [6.45, 7) is 0. The number of rotatable bonds is 2. The highest BCUT2D eigenvalue weighted by Gasteiger charge is 2.10. The first-order valence-electron chi connectivity index (χ1n) is 5.52. The number of carbonyl (C=O) groups is 1. The molecule has 2 N–H and O–H groups in total. The van der Waals surface area contributed by atoms with Crippen LogP contribution in [-0.4, -0.2) is 30.8 Å². The molecule has 0 saturated heterocycles. The normalized spacial score (nSPS) is 10.8. The van der Waals surface area contributed by atoms with Gasteiger partial charge in [-0.1, -0.05) is 0 Å². The number of nitrogens with zero attached hydrogens (tertiary/aromatic N) is 3. The summed E-state index contributed by atoms with van der Waals surface area (Å²) in [4.78, 5) is 29.1. The van der Waals surface area contributed by atoms with Crippen molar-refractivity contribution < 1.29 is 14.3 Å². The molecule has 1 aromatic carbocycles. The van der Waals surface area contributed by atoms with Crippen LogP contribution in [0.25, 0.3) is 16.9 Å². The van der Waals surface area contributed by atoms with E-state index in [0.29, 0.717) is 0 Å². The number of aromatic amines is 1. The molecule has 0 aliphatic heterocycles. The second kappa shape index (κ2) is 4.26. The molecular formula is C12H7FN4O3. The van der Waals surface area contributed by atoms with E-state index in [1.807, 2.05) is 0 Å². The number of hydrogen-bond acceptors (Lipinski definition) is 4. The van der Waals surface area contributed by atoms with Crippen LogP contribution in [0.4, 0.5) is 4.39 Å². The van der Waals surface area contributed by atoms with E-state index in [9.17, 15) is 14.0 Å². The summed E-state index contributed by atoms with van der Waals surface area (Å²) in [6.07, 6.45) is 2.32. The molecule has 3 rings (SSSR count). The van der Waals surface area contributed by atoms with Gasteiger partial charge in [-0.05, 0) is 12.1 Å². The van der Waals surface area contributed by atoms with Crippen LogP contribution in [0, 0.1) is 5.82 Å². The Kier molecular flexibility index (Phi) is 2.56. The van der Waals surface area contributed by atoms with Gasteiger partial charge in [0.2, 0.25) is 5.95 Å². The smallest absolute Gasteiger partial charge is 0.338 e. The third-order valence-corrected chi connectivity index (χ3v) is 2.70. The highest BCUT2D eigenvalue weighted by Crippen LogP contribution is 2.11. The summed E-state index contributed by atoms with van der Waals surface area (Å²) in [6, 6.07) is 3.61. The van der Waals surface area contributed by atoms with Gasteiger partial charge in [-0.15, -0.1) is 0 Å². The largest absolute Gasteiger partial charge is 0.478 e. The SMILES string of the molecule is O=C(O)c1cnn(-c2nc3cc(F)ccc3c(=O)[nH]2)c1. The topological polar surface area (TPSA) is 101 Å². The van der Waals surface area contributed by atoms with Gasteiger partial charge >= 0.3 is 5.97 Å². The van der Waals surface area contributed by atoms with Gasteiger partial charge < -0.3 is 5.11 Å². The van der Waals surface area contributed by atoms with Crippen LogP contribution in [0.1, 0.15) is 10.4 Å². The molecule has 2 aromatic heterocycles. The van der Waals surface area contributed by atoms with Crippen molar-refractivity contribution >= 4 is 16.9 Å². The van der Waals surface area contributed by atoms with Gasteiger partial charge in [-0.2, -0.15) is 5.10 Å². The van der Waals surface area contributed by atoms with E-state index in [1.54, 1.807) is 0 Å². The zero-order chi connectivity index (χ0) is 14.3. The van der Waals surface area contributed by atoms with Crippen LogP contribution < -0.4 is 5.56 Å². The molecule has 0 aliphatic carbocycles. The molecule has 2 heterocycles. The van der Waals surface area contributed by atoms with Crippen LogP contribution in [-0.2, 0) is 0 Å². The molecule has 0 saturated carbocycles. The number of aromatic nitrogens is 4. The molecule has 0 amide bonds. The van der Waals surface area contributed by atoms with Gasteiger partial charge in [0, 0.05) is 12.3 Å². The zero-order valence-electron chi connectivity index (χ0n) is 9.87. The maximum Gasteiger partial charge on any atom is 0.338 e. The number of H-pyrrole nitrogens is 1. The highest BCUT2D eigenvalue weighted by atomic mass is 19.1. The van der Waals surface area contributed by atoms with Gasteiger partial charge in [-0.25, -0.2) is 18.9 Å². The molecule has 3 aromatic rings. The molecule has 0 spiro atoms. The summed E-state index contributed by atoms with van der Waals surface area (Å²) < 4.78 is 14.3. The van der Waals surface area contributed by atoms with Crippen molar-refractivity contribution in [2.75, 3.05) is 0 Å². The van der Waals surface area contributed by atoms with Gasteiger partial charge in [0.05, 0.1) is 22.7 Å². The first-order chi connectivity index (χ1) is 9.54. The molecule has 0 bridgehead atoms. The third-order valence-electron chi connectivity index (χ3n) is 2.70. The number of carboxylic acids is 1. The molecule has 0 radical (unpaired) electrons. The summed E-state index contributed by atoms with van der Waals surface area (Å²) in [5.41, 5.74) is -0.347. The quantitative estimate of drug-likeness (QED) is 0.724. The number of carboxylic acid groups (broad SMARTS) is 1. The Morgan fingerprint density at radius 1 is 1.40 bits per heavy atom. The van der Waals surface area contributed by atoms with Crippen molar-refractivity contribution in [2.24, 2.45) is 0 Å². The Balaban J connectivity index is 2.20. The predicted molar refractivity (Wildman–Crippen MR) is 66.4 cm³/mol. The lowest BCUT2D eigenvalue weighted by Crippen LogP contribution is -2.14. The number of fused-ring (bicyclic) bond motifs is 1. The van der Waals surface area contributed by atoms with Crippen LogP contribution in [0.15, 0.2) is 35.4 Å². The Hall–Kier alpha value is -3.03. The average Bonchev–Trinajstić information content (AvgIpc) is 2.87. The second-order valence-electron chi connectivity index (χ2n) is 4.03. The maximum absolute atomic E-state index is 13.2. The lowest BCUT2D eigenvalue weighted by atomic mass is 10.2. The molecule has 0 atom stereocenters. The van der Waals surface area contributed by atoms with Crippen molar-refractivity contribution in [3.8, 4) is 5.95 Å². The lowest BCUT2D eigenvalue weighted by Gasteiger charge is -2.02. The molecule has 0 fully saturated rings. The van der Waals surface area contributed by atoms with Gasteiger partial charge in [0.25, 0.3) is 5.56 Å². The summed E-state index contributed by atoms with van der Waals surface area (Å²) in [5.74, 6) is -1.65. The van der Waals surface area contributed by atoms with Crippen molar-refractivity contribution in [1.29, 1.82) is 0 Å². The minimum atomic E-state index is -1.15. The first kappa shape index (κ1) is 12.0. The monoisotopic (exact) mass is 274 g/mol. The number of aromatic carboxylic acids is 1.